The van der Waals surface area contributed by atoms with E-state index in [0.29, 0.717) is 17.6 Å². The number of aromatic nitrogens is 2. The molecule has 2 aromatic rings. The minimum absolute atomic E-state index is 0.468. The predicted octanol–water partition coefficient (Wildman–Crippen LogP) is 3.28. The van der Waals surface area contributed by atoms with Gasteiger partial charge in [0, 0.05) is 17.2 Å². The molecule has 1 aromatic heterocycles. The maximum atomic E-state index is 9.17. The fraction of sp³-hybridized carbons (Fsp3) is 0.267. The van der Waals surface area contributed by atoms with Gasteiger partial charge in [0.05, 0.1) is 5.69 Å². The fourth-order valence-electron chi connectivity index (χ4n) is 2.10. The first-order valence-corrected chi connectivity index (χ1v) is 6.38. The predicted molar refractivity (Wildman–Crippen MR) is 73.2 cm³/mol. The molecule has 3 rings (SSSR count). The summed E-state index contributed by atoms with van der Waals surface area (Å²) < 4.78 is 0. The van der Waals surface area contributed by atoms with E-state index in [-0.39, 0.29) is 0 Å². The van der Waals surface area contributed by atoms with Gasteiger partial charge < -0.3 is 5.32 Å². The van der Waals surface area contributed by atoms with Crippen LogP contribution in [0.2, 0.25) is 0 Å². The molecule has 1 heterocycles. The van der Waals surface area contributed by atoms with Crippen LogP contribution in [0.5, 0.6) is 0 Å². The number of para-hydroxylation sites is 1. The second-order valence-electron chi connectivity index (χ2n) is 4.78. The smallest absolute Gasteiger partial charge is 0.228 e. The van der Waals surface area contributed by atoms with Crippen molar-refractivity contribution in [2.24, 2.45) is 0 Å². The van der Waals surface area contributed by atoms with Crippen LogP contribution in [0.3, 0.4) is 0 Å². The molecule has 0 bridgehead atoms. The van der Waals surface area contributed by atoms with Gasteiger partial charge in [-0.1, -0.05) is 18.2 Å². The Kier molecular flexibility index (Phi) is 2.88. The number of hydrogen-bond donors (Lipinski definition) is 1. The fourth-order valence-corrected chi connectivity index (χ4v) is 2.10. The Balaban J connectivity index is 1.98. The first-order valence-electron chi connectivity index (χ1n) is 6.38. The van der Waals surface area contributed by atoms with Crippen LogP contribution in [0.1, 0.15) is 35.7 Å². The number of nitriles is 1. The van der Waals surface area contributed by atoms with E-state index in [0.717, 1.165) is 29.8 Å². The zero-order chi connectivity index (χ0) is 13.2. The Morgan fingerprint density at radius 2 is 1.95 bits per heavy atom. The van der Waals surface area contributed by atoms with Crippen LogP contribution in [0.25, 0.3) is 0 Å². The number of nitrogens with one attached hydrogen (secondary N) is 1. The van der Waals surface area contributed by atoms with Crippen LogP contribution in [0, 0.1) is 18.3 Å². The summed E-state index contributed by atoms with van der Waals surface area (Å²) in [6.45, 7) is 1.93. The molecule has 0 amide bonds. The molecule has 1 N–H and O–H groups in total. The Morgan fingerprint density at radius 1 is 1.21 bits per heavy atom. The summed E-state index contributed by atoms with van der Waals surface area (Å²) in [6, 6.07) is 11.9. The van der Waals surface area contributed by atoms with E-state index in [9.17, 15) is 0 Å². The first-order chi connectivity index (χ1) is 9.28. The molecule has 0 aliphatic heterocycles. The SMILES string of the molecule is Cc1c(C#N)nc(Nc2ccccc2)nc1C1CC1. The minimum Gasteiger partial charge on any atom is -0.324 e. The third-order valence-corrected chi connectivity index (χ3v) is 3.28. The van der Waals surface area contributed by atoms with Gasteiger partial charge in [-0.25, -0.2) is 9.97 Å². The van der Waals surface area contributed by atoms with E-state index < -0.39 is 0 Å². The molecular formula is C15H14N4. The van der Waals surface area contributed by atoms with E-state index in [1.807, 2.05) is 37.3 Å². The summed E-state index contributed by atoms with van der Waals surface area (Å²) in [5, 5.41) is 12.3. The van der Waals surface area contributed by atoms with Crippen molar-refractivity contribution >= 4 is 11.6 Å². The zero-order valence-corrected chi connectivity index (χ0v) is 10.7. The van der Waals surface area contributed by atoms with Gasteiger partial charge >= 0.3 is 0 Å². The zero-order valence-electron chi connectivity index (χ0n) is 10.7. The van der Waals surface area contributed by atoms with Gasteiger partial charge in [-0.3, -0.25) is 0 Å². The molecule has 1 aromatic carbocycles. The lowest BCUT2D eigenvalue weighted by Crippen LogP contribution is -2.05. The number of hydrogen-bond acceptors (Lipinski definition) is 4. The van der Waals surface area contributed by atoms with Crippen molar-refractivity contribution in [3.05, 3.63) is 47.3 Å². The quantitative estimate of drug-likeness (QED) is 0.908. The van der Waals surface area contributed by atoms with E-state index >= 15 is 0 Å². The summed E-state index contributed by atoms with van der Waals surface area (Å²) >= 11 is 0. The third-order valence-electron chi connectivity index (χ3n) is 3.28. The standard InChI is InChI=1S/C15H14N4/c1-10-13(9-16)18-15(19-14(10)11-7-8-11)17-12-5-3-2-4-6-12/h2-6,11H,7-8H2,1H3,(H,17,18,19). The second kappa shape index (κ2) is 4.69. The lowest BCUT2D eigenvalue weighted by Gasteiger charge is -2.09. The molecule has 0 radical (unpaired) electrons. The van der Waals surface area contributed by atoms with Gasteiger partial charge in [0.25, 0.3) is 0 Å². The lowest BCUT2D eigenvalue weighted by molar-refractivity contribution is 0.955. The molecular weight excluding hydrogens is 236 g/mol. The molecule has 0 unspecified atom stereocenters. The Morgan fingerprint density at radius 3 is 2.58 bits per heavy atom. The highest BCUT2D eigenvalue weighted by Gasteiger charge is 2.28. The van der Waals surface area contributed by atoms with Crippen LogP contribution in [0.4, 0.5) is 11.6 Å². The van der Waals surface area contributed by atoms with Crippen LogP contribution in [0.15, 0.2) is 30.3 Å². The van der Waals surface area contributed by atoms with Gasteiger partial charge in [-0.15, -0.1) is 0 Å². The van der Waals surface area contributed by atoms with Crippen molar-refractivity contribution in [2.75, 3.05) is 5.32 Å². The van der Waals surface area contributed by atoms with Gasteiger partial charge in [0.1, 0.15) is 11.8 Å². The summed E-state index contributed by atoms with van der Waals surface area (Å²) in [4.78, 5) is 8.84. The summed E-state index contributed by atoms with van der Waals surface area (Å²) in [7, 11) is 0. The second-order valence-corrected chi connectivity index (χ2v) is 4.78. The molecule has 1 saturated carbocycles. The summed E-state index contributed by atoms with van der Waals surface area (Å²) in [5.41, 5.74) is 3.33. The monoisotopic (exact) mass is 250 g/mol. The van der Waals surface area contributed by atoms with Crippen LogP contribution in [-0.2, 0) is 0 Å². The molecule has 0 atom stereocenters. The maximum absolute atomic E-state index is 9.17. The number of rotatable bonds is 3. The van der Waals surface area contributed by atoms with Gasteiger partial charge in [0.2, 0.25) is 5.95 Å². The number of anilines is 2. The van der Waals surface area contributed by atoms with Crippen LogP contribution < -0.4 is 5.32 Å². The Hall–Kier alpha value is -2.41. The molecule has 19 heavy (non-hydrogen) atoms. The molecule has 1 aliphatic rings. The molecule has 1 fully saturated rings. The van der Waals surface area contributed by atoms with E-state index in [2.05, 4.69) is 21.4 Å². The molecule has 0 spiro atoms. The molecule has 4 heteroatoms. The van der Waals surface area contributed by atoms with Gasteiger partial charge in [0.15, 0.2) is 0 Å². The highest BCUT2D eigenvalue weighted by molar-refractivity contribution is 5.54. The van der Waals surface area contributed by atoms with Crippen molar-refractivity contribution in [2.45, 2.75) is 25.7 Å². The van der Waals surface area contributed by atoms with E-state index in [1.165, 1.54) is 0 Å². The van der Waals surface area contributed by atoms with E-state index in [1.54, 1.807) is 0 Å². The third kappa shape index (κ3) is 2.41. The average Bonchev–Trinajstić information content (AvgIpc) is 3.26. The molecule has 0 saturated heterocycles. The van der Waals surface area contributed by atoms with Crippen molar-refractivity contribution in [1.29, 1.82) is 5.26 Å². The van der Waals surface area contributed by atoms with Gasteiger partial charge in [-0.05, 0) is 31.9 Å². The van der Waals surface area contributed by atoms with Crippen LogP contribution >= 0.6 is 0 Å². The topological polar surface area (TPSA) is 61.6 Å². The highest BCUT2D eigenvalue weighted by atomic mass is 15.1. The maximum Gasteiger partial charge on any atom is 0.228 e. The first kappa shape index (κ1) is 11.7. The van der Waals surface area contributed by atoms with Gasteiger partial charge in [-0.2, -0.15) is 5.26 Å². The van der Waals surface area contributed by atoms with E-state index in [4.69, 9.17) is 5.26 Å². The lowest BCUT2D eigenvalue weighted by atomic mass is 10.1. The van der Waals surface area contributed by atoms with Crippen molar-refractivity contribution in [3.63, 3.8) is 0 Å². The summed E-state index contributed by atoms with van der Waals surface area (Å²) in [6.07, 6.45) is 2.32. The highest BCUT2D eigenvalue weighted by Crippen LogP contribution is 2.41. The normalized spacial score (nSPS) is 13.9. The minimum atomic E-state index is 0.468. The van der Waals surface area contributed by atoms with Crippen molar-refractivity contribution in [3.8, 4) is 6.07 Å². The average molecular weight is 250 g/mol. The number of benzene rings is 1. The largest absolute Gasteiger partial charge is 0.324 e. The van der Waals surface area contributed by atoms with Crippen LogP contribution in [-0.4, -0.2) is 9.97 Å². The van der Waals surface area contributed by atoms with Crippen molar-refractivity contribution in [1.82, 2.24) is 9.97 Å². The Labute approximate surface area is 112 Å². The molecule has 1 aliphatic carbocycles. The Bertz CT molecular complexity index is 639. The summed E-state index contributed by atoms with van der Waals surface area (Å²) in [5.74, 6) is 1.02. The number of nitrogens with zero attached hydrogens (tertiary/aromatic N) is 3. The molecule has 94 valence electrons. The van der Waals surface area contributed by atoms with Crippen molar-refractivity contribution < 1.29 is 0 Å². The molecule has 4 nitrogen and oxygen atoms in total.